The predicted octanol–water partition coefficient (Wildman–Crippen LogP) is 3.55. The van der Waals surface area contributed by atoms with Crippen LogP contribution in [0.15, 0.2) is 24.3 Å². The van der Waals surface area contributed by atoms with Crippen LogP contribution in [-0.2, 0) is 9.47 Å². The normalized spacial score (nSPS) is 16.1. The van der Waals surface area contributed by atoms with Crippen LogP contribution >= 0.6 is 0 Å². The van der Waals surface area contributed by atoms with Crippen LogP contribution in [0.4, 0.5) is 4.79 Å². The van der Waals surface area contributed by atoms with Gasteiger partial charge in [0.25, 0.3) is 0 Å². The van der Waals surface area contributed by atoms with Gasteiger partial charge in [-0.1, -0.05) is 17.7 Å². The Morgan fingerprint density at radius 3 is 2.39 bits per heavy atom. The van der Waals surface area contributed by atoms with Gasteiger partial charge in [0.2, 0.25) is 0 Å². The number of ether oxygens (including phenoxy) is 2. The topological polar surface area (TPSA) is 55.8 Å². The summed E-state index contributed by atoms with van der Waals surface area (Å²) in [6.07, 6.45) is 0.816. The SMILES string of the molecule is Cc1cccc(C(=O)OC2CCN(C(=O)OC(C)(C)C)CC2)c1. The van der Waals surface area contributed by atoms with Gasteiger partial charge in [0.15, 0.2) is 0 Å². The van der Waals surface area contributed by atoms with Gasteiger partial charge >= 0.3 is 12.1 Å². The van der Waals surface area contributed by atoms with E-state index in [1.54, 1.807) is 11.0 Å². The molecule has 0 bridgehead atoms. The lowest BCUT2D eigenvalue weighted by Crippen LogP contribution is -2.43. The summed E-state index contributed by atoms with van der Waals surface area (Å²) >= 11 is 0. The van der Waals surface area contributed by atoms with Crippen molar-refractivity contribution in [1.82, 2.24) is 4.90 Å². The first-order valence-corrected chi connectivity index (χ1v) is 8.00. The quantitative estimate of drug-likeness (QED) is 0.782. The van der Waals surface area contributed by atoms with Crippen molar-refractivity contribution in [2.75, 3.05) is 13.1 Å². The van der Waals surface area contributed by atoms with Crippen molar-refractivity contribution in [1.29, 1.82) is 0 Å². The summed E-state index contributed by atoms with van der Waals surface area (Å²) in [4.78, 5) is 25.8. The van der Waals surface area contributed by atoms with Crippen LogP contribution in [0, 0.1) is 6.92 Å². The number of carbonyl (C=O) groups excluding carboxylic acids is 2. The van der Waals surface area contributed by atoms with Crippen molar-refractivity contribution < 1.29 is 19.1 Å². The first kappa shape index (κ1) is 17.3. The first-order chi connectivity index (χ1) is 10.7. The molecular weight excluding hydrogens is 294 g/mol. The van der Waals surface area contributed by atoms with E-state index in [4.69, 9.17) is 9.47 Å². The number of piperidine rings is 1. The molecular formula is C18H25NO4. The second-order valence-electron chi connectivity index (χ2n) is 6.94. The standard InChI is InChI=1S/C18H25NO4/c1-13-6-5-7-14(12-13)16(20)22-15-8-10-19(11-9-15)17(21)23-18(2,3)4/h5-7,12,15H,8-11H2,1-4H3. The highest BCUT2D eigenvalue weighted by molar-refractivity contribution is 5.89. The average Bonchev–Trinajstić information content (AvgIpc) is 2.46. The molecule has 0 unspecified atom stereocenters. The Morgan fingerprint density at radius 2 is 1.83 bits per heavy atom. The molecule has 23 heavy (non-hydrogen) atoms. The Hall–Kier alpha value is -2.04. The van der Waals surface area contributed by atoms with Crippen molar-refractivity contribution in [3.05, 3.63) is 35.4 Å². The van der Waals surface area contributed by atoms with Crippen molar-refractivity contribution in [3.8, 4) is 0 Å². The van der Waals surface area contributed by atoms with Crippen molar-refractivity contribution in [3.63, 3.8) is 0 Å². The minimum atomic E-state index is -0.494. The molecule has 0 N–H and O–H groups in total. The predicted molar refractivity (Wildman–Crippen MR) is 87.4 cm³/mol. The van der Waals surface area contributed by atoms with E-state index < -0.39 is 5.60 Å². The lowest BCUT2D eigenvalue weighted by molar-refractivity contribution is -0.00340. The van der Waals surface area contributed by atoms with Crippen molar-refractivity contribution in [2.45, 2.75) is 52.2 Å². The third-order valence-electron chi connectivity index (χ3n) is 3.62. The highest BCUT2D eigenvalue weighted by Crippen LogP contribution is 2.18. The van der Waals surface area contributed by atoms with Crippen LogP contribution in [-0.4, -0.2) is 41.8 Å². The van der Waals surface area contributed by atoms with Gasteiger partial charge in [0, 0.05) is 25.9 Å². The first-order valence-electron chi connectivity index (χ1n) is 8.00. The third-order valence-corrected chi connectivity index (χ3v) is 3.62. The van der Waals surface area contributed by atoms with Crippen LogP contribution in [0.1, 0.15) is 49.5 Å². The molecule has 0 atom stereocenters. The number of benzene rings is 1. The third kappa shape index (κ3) is 5.27. The molecule has 2 rings (SSSR count). The monoisotopic (exact) mass is 319 g/mol. The molecule has 0 spiro atoms. The summed E-state index contributed by atoms with van der Waals surface area (Å²) in [5.41, 5.74) is 1.10. The molecule has 1 heterocycles. The zero-order chi connectivity index (χ0) is 17.0. The van der Waals surface area contributed by atoms with Gasteiger partial charge in [-0.15, -0.1) is 0 Å². The summed E-state index contributed by atoms with van der Waals surface area (Å²) in [5, 5.41) is 0. The van der Waals surface area contributed by atoms with Gasteiger partial charge in [-0.05, 0) is 39.8 Å². The molecule has 1 saturated heterocycles. The number of nitrogens with zero attached hydrogens (tertiary/aromatic N) is 1. The number of aryl methyl sites for hydroxylation is 1. The molecule has 5 nitrogen and oxygen atoms in total. The van der Waals surface area contributed by atoms with Gasteiger partial charge < -0.3 is 14.4 Å². The molecule has 1 aliphatic heterocycles. The summed E-state index contributed by atoms with van der Waals surface area (Å²) in [6.45, 7) is 8.57. The van der Waals surface area contributed by atoms with E-state index in [-0.39, 0.29) is 18.2 Å². The highest BCUT2D eigenvalue weighted by atomic mass is 16.6. The second-order valence-corrected chi connectivity index (χ2v) is 6.94. The van der Waals surface area contributed by atoms with Gasteiger partial charge in [0.05, 0.1) is 5.56 Å². The Bertz CT molecular complexity index is 569. The smallest absolute Gasteiger partial charge is 0.410 e. The second kappa shape index (κ2) is 7.02. The number of hydrogen-bond donors (Lipinski definition) is 0. The molecule has 126 valence electrons. The Labute approximate surface area is 137 Å². The number of esters is 1. The van der Waals surface area contributed by atoms with Gasteiger partial charge in [-0.2, -0.15) is 0 Å². The molecule has 0 saturated carbocycles. The number of amides is 1. The number of likely N-dealkylation sites (tertiary alicyclic amines) is 1. The van der Waals surface area contributed by atoms with E-state index in [2.05, 4.69) is 0 Å². The van der Waals surface area contributed by atoms with E-state index in [0.717, 1.165) is 5.56 Å². The maximum atomic E-state index is 12.1. The van der Waals surface area contributed by atoms with E-state index in [1.165, 1.54) is 0 Å². The molecule has 1 amide bonds. The Morgan fingerprint density at radius 1 is 1.17 bits per heavy atom. The van der Waals surface area contributed by atoms with E-state index in [1.807, 2.05) is 45.9 Å². The van der Waals surface area contributed by atoms with Crippen LogP contribution < -0.4 is 0 Å². The minimum Gasteiger partial charge on any atom is -0.459 e. The molecule has 1 aromatic rings. The van der Waals surface area contributed by atoms with E-state index >= 15 is 0 Å². The van der Waals surface area contributed by atoms with Crippen molar-refractivity contribution >= 4 is 12.1 Å². The summed E-state index contributed by atoms with van der Waals surface area (Å²) in [7, 11) is 0. The molecule has 0 aromatic heterocycles. The lowest BCUT2D eigenvalue weighted by Gasteiger charge is -2.33. The fourth-order valence-corrected chi connectivity index (χ4v) is 2.47. The van der Waals surface area contributed by atoms with Gasteiger partial charge in [0.1, 0.15) is 11.7 Å². The van der Waals surface area contributed by atoms with Gasteiger partial charge in [-0.3, -0.25) is 0 Å². The summed E-state index contributed by atoms with van der Waals surface area (Å²) in [6, 6.07) is 7.36. The molecule has 0 aliphatic carbocycles. The Kier molecular flexibility index (Phi) is 5.29. The largest absolute Gasteiger partial charge is 0.459 e. The fourth-order valence-electron chi connectivity index (χ4n) is 2.47. The van der Waals surface area contributed by atoms with Crippen LogP contribution in [0.5, 0.6) is 0 Å². The van der Waals surface area contributed by atoms with Crippen LogP contribution in [0.3, 0.4) is 0 Å². The maximum Gasteiger partial charge on any atom is 0.410 e. The number of carbonyl (C=O) groups is 2. The number of rotatable bonds is 2. The highest BCUT2D eigenvalue weighted by Gasteiger charge is 2.28. The van der Waals surface area contributed by atoms with E-state index in [0.29, 0.717) is 31.5 Å². The molecule has 0 radical (unpaired) electrons. The summed E-state index contributed by atoms with van der Waals surface area (Å²) in [5.74, 6) is -0.301. The lowest BCUT2D eigenvalue weighted by atomic mass is 10.1. The number of hydrogen-bond acceptors (Lipinski definition) is 4. The maximum absolute atomic E-state index is 12.1. The molecule has 5 heteroatoms. The van der Waals surface area contributed by atoms with Crippen LogP contribution in [0.2, 0.25) is 0 Å². The van der Waals surface area contributed by atoms with Crippen LogP contribution in [0.25, 0.3) is 0 Å². The molecule has 1 fully saturated rings. The molecule has 1 aliphatic rings. The van der Waals surface area contributed by atoms with Gasteiger partial charge in [-0.25, -0.2) is 9.59 Å². The van der Waals surface area contributed by atoms with E-state index in [9.17, 15) is 9.59 Å². The molecule has 1 aromatic carbocycles. The fraction of sp³-hybridized carbons (Fsp3) is 0.556. The van der Waals surface area contributed by atoms with Crippen molar-refractivity contribution in [2.24, 2.45) is 0 Å². The zero-order valence-corrected chi connectivity index (χ0v) is 14.3. The minimum absolute atomic E-state index is 0.151. The summed E-state index contributed by atoms with van der Waals surface area (Å²) < 4.78 is 10.9. The Balaban J connectivity index is 1.83. The average molecular weight is 319 g/mol. The zero-order valence-electron chi connectivity index (χ0n) is 14.3.